The average Bonchev–Trinajstić information content (AvgIpc) is 3.01. The van der Waals surface area contributed by atoms with Crippen molar-refractivity contribution in [2.75, 3.05) is 26.6 Å². The second-order valence-corrected chi connectivity index (χ2v) is 8.88. The molecule has 1 unspecified atom stereocenters. The number of nitrogens with one attached hydrogen (secondary N) is 2. The zero-order valence-electron chi connectivity index (χ0n) is 19.3. The summed E-state index contributed by atoms with van der Waals surface area (Å²) in [5.74, 6) is -3.89. The standard InChI is InChI=1S/C23H25F3N2O6S/c1-32-15-11-8-7-9-13(15)18(29)27-22(21(31)34-3,23(24,25)26)28-19-17(20(30)33-2)14-10-5-4-6-12-16(14)35-19/h7-9,11,28H,4-6,10,12H2,1-3H3,(H,27,29). The van der Waals surface area contributed by atoms with Crippen molar-refractivity contribution >= 4 is 34.2 Å². The Morgan fingerprint density at radius 3 is 2.29 bits per heavy atom. The van der Waals surface area contributed by atoms with Gasteiger partial charge < -0.3 is 24.8 Å². The van der Waals surface area contributed by atoms with Gasteiger partial charge in [-0.25, -0.2) is 9.59 Å². The number of fused-ring (bicyclic) bond motifs is 1. The minimum atomic E-state index is -5.37. The van der Waals surface area contributed by atoms with Crippen molar-refractivity contribution in [3.63, 3.8) is 0 Å². The van der Waals surface area contributed by atoms with Crippen LogP contribution in [0.15, 0.2) is 24.3 Å². The highest BCUT2D eigenvalue weighted by atomic mass is 32.1. The summed E-state index contributed by atoms with van der Waals surface area (Å²) >= 11 is 0.925. The number of hydrogen-bond acceptors (Lipinski definition) is 8. The topological polar surface area (TPSA) is 103 Å². The molecule has 3 rings (SSSR count). The van der Waals surface area contributed by atoms with Gasteiger partial charge in [-0.3, -0.25) is 4.79 Å². The molecule has 0 bridgehead atoms. The van der Waals surface area contributed by atoms with E-state index in [4.69, 9.17) is 9.47 Å². The normalized spacial score (nSPS) is 15.1. The van der Waals surface area contributed by atoms with Gasteiger partial charge in [0.1, 0.15) is 10.8 Å². The maximum absolute atomic E-state index is 14.6. The van der Waals surface area contributed by atoms with E-state index in [9.17, 15) is 27.6 Å². The number of halogens is 3. The molecular formula is C23H25F3N2O6S. The number of para-hydroxylation sites is 1. The van der Waals surface area contributed by atoms with E-state index in [-0.39, 0.29) is 21.9 Å². The van der Waals surface area contributed by atoms with Gasteiger partial charge in [-0.15, -0.1) is 11.3 Å². The number of methoxy groups -OCH3 is 3. The summed E-state index contributed by atoms with van der Waals surface area (Å²) in [6.07, 6.45) is -1.86. The van der Waals surface area contributed by atoms with Gasteiger partial charge in [0.2, 0.25) is 0 Å². The van der Waals surface area contributed by atoms with E-state index in [1.54, 1.807) is 5.32 Å². The number of hydrogen-bond donors (Lipinski definition) is 2. The van der Waals surface area contributed by atoms with E-state index in [1.165, 1.54) is 31.4 Å². The molecule has 190 valence electrons. The molecule has 0 aliphatic heterocycles. The van der Waals surface area contributed by atoms with Crippen molar-refractivity contribution in [3.05, 3.63) is 45.8 Å². The molecule has 2 aromatic rings. The smallest absolute Gasteiger partial charge is 0.441 e. The van der Waals surface area contributed by atoms with Crippen molar-refractivity contribution in [3.8, 4) is 5.75 Å². The number of benzene rings is 1. The highest BCUT2D eigenvalue weighted by Crippen LogP contribution is 2.42. The first-order chi connectivity index (χ1) is 16.6. The van der Waals surface area contributed by atoms with Crippen LogP contribution in [0.25, 0.3) is 0 Å². The number of aryl methyl sites for hydroxylation is 1. The van der Waals surface area contributed by atoms with Gasteiger partial charge in [-0.2, -0.15) is 13.2 Å². The quantitative estimate of drug-likeness (QED) is 0.326. The van der Waals surface area contributed by atoms with Gasteiger partial charge in [-0.05, 0) is 43.4 Å². The fraction of sp³-hybridized carbons (Fsp3) is 0.435. The summed E-state index contributed by atoms with van der Waals surface area (Å²) in [6, 6.07) is 5.61. The number of alkyl halides is 3. The van der Waals surface area contributed by atoms with Crippen LogP contribution >= 0.6 is 11.3 Å². The van der Waals surface area contributed by atoms with Crippen LogP contribution in [-0.4, -0.2) is 51.0 Å². The molecule has 1 aromatic carbocycles. The first-order valence-electron chi connectivity index (χ1n) is 10.7. The third-order valence-electron chi connectivity index (χ3n) is 5.68. The first kappa shape index (κ1) is 26.3. The first-order valence-corrected chi connectivity index (χ1v) is 11.5. The lowest BCUT2D eigenvalue weighted by atomic mass is 10.0. The second kappa shape index (κ2) is 10.5. The van der Waals surface area contributed by atoms with Gasteiger partial charge in [-0.1, -0.05) is 18.6 Å². The van der Waals surface area contributed by atoms with Crippen LogP contribution in [0.4, 0.5) is 18.2 Å². The number of rotatable bonds is 7. The fourth-order valence-electron chi connectivity index (χ4n) is 3.93. The van der Waals surface area contributed by atoms with Crippen molar-refractivity contribution in [2.45, 2.75) is 43.9 Å². The molecule has 1 aliphatic rings. The van der Waals surface area contributed by atoms with Crippen LogP contribution in [-0.2, 0) is 27.1 Å². The average molecular weight is 515 g/mol. The summed E-state index contributed by atoms with van der Waals surface area (Å²) in [5, 5.41) is 3.65. The maximum Gasteiger partial charge on any atom is 0.441 e. The fourth-order valence-corrected chi connectivity index (χ4v) is 5.27. The Hall–Kier alpha value is -3.28. The van der Waals surface area contributed by atoms with E-state index in [0.717, 1.165) is 49.7 Å². The van der Waals surface area contributed by atoms with Crippen LogP contribution in [0.2, 0.25) is 0 Å². The minimum Gasteiger partial charge on any atom is -0.496 e. The Morgan fingerprint density at radius 1 is 0.971 bits per heavy atom. The third-order valence-corrected chi connectivity index (χ3v) is 6.89. The Kier molecular flexibility index (Phi) is 7.93. The number of carbonyl (C=O) groups is 3. The zero-order valence-corrected chi connectivity index (χ0v) is 20.2. The predicted molar refractivity (Wildman–Crippen MR) is 122 cm³/mol. The molecule has 1 aromatic heterocycles. The molecule has 1 aliphatic carbocycles. The van der Waals surface area contributed by atoms with E-state index in [0.29, 0.717) is 18.4 Å². The van der Waals surface area contributed by atoms with Crippen molar-refractivity contribution in [1.29, 1.82) is 0 Å². The molecule has 0 radical (unpaired) electrons. The van der Waals surface area contributed by atoms with Crippen LogP contribution in [0.1, 0.15) is 50.4 Å². The molecule has 1 heterocycles. The van der Waals surface area contributed by atoms with E-state index in [2.05, 4.69) is 10.1 Å². The predicted octanol–water partition coefficient (Wildman–Crippen LogP) is 4.09. The lowest BCUT2D eigenvalue weighted by molar-refractivity contribution is -0.203. The molecule has 0 saturated carbocycles. The molecule has 0 spiro atoms. The molecule has 12 heteroatoms. The molecule has 2 N–H and O–H groups in total. The number of carbonyl (C=O) groups excluding carboxylic acids is 3. The van der Waals surface area contributed by atoms with E-state index < -0.39 is 29.7 Å². The monoisotopic (exact) mass is 514 g/mol. The zero-order chi connectivity index (χ0) is 25.8. The Balaban J connectivity index is 2.15. The van der Waals surface area contributed by atoms with Crippen molar-refractivity contribution < 1.29 is 41.8 Å². The number of esters is 2. The van der Waals surface area contributed by atoms with E-state index >= 15 is 0 Å². The molecule has 8 nitrogen and oxygen atoms in total. The van der Waals surface area contributed by atoms with Crippen molar-refractivity contribution in [1.82, 2.24) is 5.32 Å². The van der Waals surface area contributed by atoms with E-state index in [1.807, 2.05) is 0 Å². The van der Waals surface area contributed by atoms with Gasteiger partial charge in [0.05, 0.1) is 32.5 Å². The number of amides is 1. The molecular weight excluding hydrogens is 489 g/mol. The molecule has 35 heavy (non-hydrogen) atoms. The molecule has 1 atom stereocenters. The Morgan fingerprint density at radius 2 is 1.66 bits per heavy atom. The van der Waals surface area contributed by atoms with Crippen molar-refractivity contribution in [2.24, 2.45) is 0 Å². The summed E-state index contributed by atoms with van der Waals surface area (Å²) in [5.41, 5.74) is -3.44. The second-order valence-electron chi connectivity index (χ2n) is 7.78. The number of anilines is 1. The van der Waals surface area contributed by atoms with Gasteiger partial charge in [0.15, 0.2) is 0 Å². The van der Waals surface area contributed by atoms with Gasteiger partial charge in [0, 0.05) is 4.88 Å². The lowest BCUT2D eigenvalue weighted by Crippen LogP contribution is -2.69. The summed E-state index contributed by atoms with van der Waals surface area (Å²) in [4.78, 5) is 39.0. The lowest BCUT2D eigenvalue weighted by Gasteiger charge is -2.35. The summed E-state index contributed by atoms with van der Waals surface area (Å²) < 4.78 is 58.2. The largest absolute Gasteiger partial charge is 0.496 e. The van der Waals surface area contributed by atoms with Crippen LogP contribution < -0.4 is 15.4 Å². The minimum absolute atomic E-state index is 0.00373. The van der Waals surface area contributed by atoms with Gasteiger partial charge >= 0.3 is 23.8 Å². The van der Waals surface area contributed by atoms with Crippen LogP contribution in [0.5, 0.6) is 5.75 Å². The van der Waals surface area contributed by atoms with Crippen LogP contribution in [0.3, 0.4) is 0 Å². The number of ether oxygens (including phenoxy) is 3. The molecule has 0 saturated heterocycles. The molecule has 0 fully saturated rings. The Bertz CT molecular complexity index is 1120. The Labute approximate surface area is 203 Å². The maximum atomic E-state index is 14.6. The number of thiophene rings is 1. The van der Waals surface area contributed by atoms with Gasteiger partial charge in [0.25, 0.3) is 5.91 Å². The summed E-state index contributed by atoms with van der Waals surface area (Å²) in [7, 11) is 3.14. The molecule has 1 amide bonds. The summed E-state index contributed by atoms with van der Waals surface area (Å²) in [6.45, 7) is 0. The van der Waals surface area contributed by atoms with Crippen LogP contribution in [0, 0.1) is 0 Å². The highest BCUT2D eigenvalue weighted by Gasteiger charge is 2.64. The third kappa shape index (κ3) is 5.07. The highest BCUT2D eigenvalue weighted by molar-refractivity contribution is 7.16. The SMILES string of the molecule is COC(=O)c1c(NC(NC(=O)c2ccccc2OC)(C(=O)OC)C(F)(F)F)sc2c1CCCCC2.